The number of nitrogens with one attached hydrogen (secondary N) is 1. The molecule has 138 valence electrons. The number of alkyl halides is 3. The molecule has 0 radical (unpaired) electrons. The van der Waals surface area contributed by atoms with Gasteiger partial charge in [-0.2, -0.15) is 13.2 Å². The van der Waals surface area contributed by atoms with E-state index in [1.807, 2.05) is 0 Å². The molecule has 2 rings (SSSR count). The maximum Gasteiger partial charge on any atom is 0.416 e. The molecule has 2 aromatic rings. The first kappa shape index (κ1) is 19.7. The summed E-state index contributed by atoms with van der Waals surface area (Å²) in [4.78, 5) is 12.2. The Bertz CT molecular complexity index is 767. The monoisotopic (exact) mass is 363 g/mol. The highest BCUT2D eigenvalue weighted by Crippen LogP contribution is 2.29. The van der Waals surface area contributed by atoms with E-state index in [-0.39, 0.29) is 11.3 Å². The number of hydrogen-bond acceptors (Lipinski definition) is 3. The summed E-state index contributed by atoms with van der Waals surface area (Å²) in [6.07, 6.45) is -0.963. The summed E-state index contributed by atoms with van der Waals surface area (Å²) in [5, 5.41) is 8.18. The topological polar surface area (TPSA) is 50.1 Å². The van der Waals surface area contributed by atoms with Crippen molar-refractivity contribution in [1.82, 2.24) is 0 Å². The summed E-state index contributed by atoms with van der Waals surface area (Å²) in [5.74, 6) is -0.522. The van der Waals surface area contributed by atoms with Gasteiger partial charge in [-0.1, -0.05) is 31.9 Å². The van der Waals surface area contributed by atoms with E-state index >= 15 is 0 Å². The number of carbonyl (C=O) groups is 1. The molecule has 0 spiro atoms. The van der Waals surface area contributed by atoms with Crippen molar-refractivity contribution in [3.05, 3.63) is 65.2 Å². The van der Waals surface area contributed by atoms with Crippen LogP contribution in [0.15, 0.2) is 48.5 Å². The van der Waals surface area contributed by atoms with E-state index in [2.05, 4.69) is 6.92 Å². The quantitative estimate of drug-likeness (QED) is 0.289. The first-order chi connectivity index (χ1) is 12.3. The molecule has 1 N–H and O–H groups in total. The molecule has 3 nitrogen and oxygen atoms in total. The van der Waals surface area contributed by atoms with Gasteiger partial charge in [0.15, 0.2) is 0 Å². The third-order valence-corrected chi connectivity index (χ3v) is 3.89. The maximum atomic E-state index is 12.6. The molecule has 0 bridgehead atoms. The van der Waals surface area contributed by atoms with Gasteiger partial charge in [-0.05, 0) is 49.2 Å². The number of ether oxygens (including phenoxy) is 1. The van der Waals surface area contributed by atoms with Crippen LogP contribution in [0.5, 0.6) is 5.75 Å². The zero-order valence-electron chi connectivity index (χ0n) is 14.4. The van der Waals surface area contributed by atoms with Gasteiger partial charge in [0.1, 0.15) is 5.75 Å². The number of carbonyl (C=O) groups excluding carboxylic acids is 1. The van der Waals surface area contributed by atoms with Gasteiger partial charge >= 0.3 is 12.1 Å². The fourth-order valence-electron chi connectivity index (χ4n) is 2.45. The number of benzene rings is 2. The highest BCUT2D eigenvalue weighted by atomic mass is 19.4. The summed E-state index contributed by atoms with van der Waals surface area (Å²) < 4.78 is 43.1. The first-order valence-corrected chi connectivity index (χ1v) is 8.39. The molecular weight excluding hydrogens is 343 g/mol. The van der Waals surface area contributed by atoms with Crippen molar-refractivity contribution >= 4 is 11.7 Å². The minimum absolute atomic E-state index is 0.0188. The molecule has 0 saturated heterocycles. The van der Waals surface area contributed by atoms with Gasteiger partial charge in [0.05, 0.1) is 11.1 Å². The highest BCUT2D eigenvalue weighted by molar-refractivity contribution is 6.02. The van der Waals surface area contributed by atoms with Crippen molar-refractivity contribution in [1.29, 1.82) is 5.41 Å². The van der Waals surface area contributed by atoms with Crippen LogP contribution in [-0.4, -0.2) is 11.7 Å². The van der Waals surface area contributed by atoms with Crippen LogP contribution in [0.1, 0.15) is 54.1 Å². The van der Waals surface area contributed by atoms with E-state index in [0.717, 1.165) is 43.5 Å². The molecule has 0 heterocycles. The lowest BCUT2D eigenvalue weighted by molar-refractivity contribution is -0.137. The highest BCUT2D eigenvalue weighted by Gasteiger charge is 2.30. The largest absolute Gasteiger partial charge is 0.422 e. The van der Waals surface area contributed by atoms with Crippen LogP contribution in [0.4, 0.5) is 13.2 Å². The lowest BCUT2D eigenvalue weighted by Gasteiger charge is -2.12. The smallest absolute Gasteiger partial charge is 0.416 e. The lowest BCUT2D eigenvalue weighted by atomic mass is 10.0. The Labute approximate surface area is 150 Å². The van der Waals surface area contributed by atoms with E-state index in [1.165, 1.54) is 0 Å². The van der Waals surface area contributed by atoms with Crippen LogP contribution in [0.3, 0.4) is 0 Å². The second-order valence-corrected chi connectivity index (χ2v) is 5.90. The zero-order chi connectivity index (χ0) is 19.2. The van der Waals surface area contributed by atoms with E-state index in [9.17, 15) is 18.0 Å². The minimum Gasteiger partial charge on any atom is -0.422 e. The second-order valence-electron chi connectivity index (χ2n) is 5.90. The van der Waals surface area contributed by atoms with Crippen LogP contribution in [-0.2, 0) is 6.18 Å². The normalized spacial score (nSPS) is 11.2. The molecular formula is C20H20F3NO2. The third kappa shape index (κ3) is 5.18. The van der Waals surface area contributed by atoms with Gasteiger partial charge < -0.3 is 10.1 Å². The molecule has 0 atom stereocenters. The number of hydrogen-bond donors (Lipinski definition) is 1. The molecule has 6 heteroatoms. The molecule has 26 heavy (non-hydrogen) atoms. The van der Waals surface area contributed by atoms with Crippen molar-refractivity contribution in [3.63, 3.8) is 0 Å². The Balaban J connectivity index is 2.13. The van der Waals surface area contributed by atoms with Crippen molar-refractivity contribution in [2.75, 3.05) is 0 Å². The number of unbranched alkanes of at least 4 members (excludes halogenated alkanes) is 2. The second kappa shape index (κ2) is 8.65. The first-order valence-electron chi connectivity index (χ1n) is 8.39. The van der Waals surface area contributed by atoms with E-state index in [1.54, 1.807) is 24.3 Å². The van der Waals surface area contributed by atoms with E-state index < -0.39 is 17.7 Å². The van der Waals surface area contributed by atoms with Gasteiger partial charge in [0, 0.05) is 11.3 Å². The van der Waals surface area contributed by atoms with Gasteiger partial charge in [0.25, 0.3) is 0 Å². The van der Waals surface area contributed by atoms with Crippen LogP contribution >= 0.6 is 0 Å². The predicted molar refractivity (Wildman–Crippen MR) is 93.8 cm³/mol. The summed E-state index contributed by atoms with van der Waals surface area (Å²) in [6, 6.07) is 10.6. The Morgan fingerprint density at radius 1 is 1.04 bits per heavy atom. The van der Waals surface area contributed by atoms with Crippen LogP contribution in [0.2, 0.25) is 0 Å². The van der Waals surface area contributed by atoms with E-state index in [4.69, 9.17) is 10.1 Å². The molecule has 0 aromatic heterocycles. The Morgan fingerprint density at radius 2 is 1.69 bits per heavy atom. The number of para-hydroxylation sites is 1. The Hall–Kier alpha value is -2.63. The standard InChI is InChI=1S/C20H20F3NO2/c1-2-3-4-8-17(24)16-7-5-6-9-18(16)26-19(25)14-10-12-15(13-11-14)20(21,22)23/h5-7,9-13,24H,2-4,8H2,1H3. The van der Waals surface area contributed by atoms with Gasteiger partial charge in [0.2, 0.25) is 0 Å². The van der Waals surface area contributed by atoms with Crippen molar-refractivity contribution in [2.24, 2.45) is 0 Å². The molecule has 0 aliphatic heterocycles. The Morgan fingerprint density at radius 3 is 2.31 bits per heavy atom. The van der Waals surface area contributed by atoms with Gasteiger partial charge in [-0.3, -0.25) is 0 Å². The average molecular weight is 363 g/mol. The molecule has 2 aromatic carbocycles. The van der Waals surface area contributed by atoms with Crippen LogP contribution < -0.4 is 4.74 Å². The van der Waals surface area contributed by atoms with Crippen LogP contribution in [0, 0.1) is 5.41 Å². The third-order valence-electron chi connectivity index (χ3n) is 3.89. The molecule has 0 unspecified atom stereocenters. The predicted octanol–water partition coefficient (Wildman–Crippen LogP) is 5.87. The van der Waals surface area contributed by atoms with Gasteiger partial charge in [-0.15, -0.1) is 0 Å². The molecule has 0 aliphatic rings. The maximum absolute atomic E-state index is 12.6. The van der Waals surface area contributed by atoms with Gasteiger partial charge in [-0.25, -0.2) is 4.79 Å². The SMILES string of the molecule is CCCCCC(=N)c1ccccc1OC(=O)c1ccc(C(F)(F)F)cc1. The summed E-state index contributed by atoms with van der Waals surface area (Å²) >= 11 is 0. The van der Waals surface area contributed by atoms with Crippen molar-refractivity contribution in [2.45, 2.75) is 38.8 Å². The lowest BCUT2D eigenvalue weighted by Crippen LogP contribution is -2.12. The van der Waals surface area contributed by atoms with Crippen molar-refractivity contribution < 1.29 is 22.7 Å². The number of esters is 1. The number of rotatable bonds is 7. The summed E-state index contributed by atoms with van der Waals surface area (Å²) in [7, 11) is 0. The van der Waals surface area contributed by atoms with Crippen molar-refractivity contribution in [3.8, 4) is 5.75 Å². The summed E-state index contributed by atoms with van der Waals surface area (Å²) in [5.41, 5.74) is 0.0793. The Kier molecular flexibility index (Phi) is 6.55. The molecule has 0 saturated carbocycles. The number of halogens is 3. The average Bonchev–Trinajstić information content (AvgIpc) is 2.61. The molecule has 0 aliphatic carbocycles. The summed E-state index contributed by atoms with van der Waals surface area (Å²) in [6.45, 7) is 2.07. The van der Waals surface area contributed by atoms with E-state index in [0.29, 0.717) is 17.7 Å². The molecule has 0 fully saturated rings. The molecule has 0 amide bonds. The minimum atomic E-state index is -4.46. The van der Waals surface area contributed by atoms with Crippen LogP contribution in [0.25, 0.3) is 0 Å². The fourth-order valence-corrected chi connectivity index (χ4v) is 2.45. The fraction of sp³-hybridized carbons (Fsp3) is 0.300. The zero-order valence-corrected chi connectivity index (χ0v) is 14.4.